The van der Waals surface area contributed by atoms with Crippen LogP contribution in [-0.4, -0.2) is 16.5 Å². The molecule has 0 atom stereocenters. The van der Waals surface area contributed by atoms with Gasteiger partial charge in [-0.05, 0) is 13.3 Å². The Morgan fingerprint density at radius 3 is 3.00 bits per heavy atom. The van der Waals surface area contributed by atoms with E-state index in [1.54, 1.807) is 6.20 Å². The third-order valence-electron chi connectivity index (χ3n) is 1.46. The molecule has 13 heavy (non-hydrogen) atoms. The van der Waals surface area contributed by atoms with Crippen LogP contribution >= 0.6 is 11.6 Å². The van der Waals surface area contributed by atoms with E-state index in [2.05, 4.69) is 21.9 Å². The monoisotopic (exact) mass is 197 g/mol. The van der Waals surface area contributed by atoms with Crippen LogP contribution in [0.3, 0.4) is 0 Å². The molecule has 0 aliphatic carbocycles. The minimum atomic E-state index is 0.403. The standard InChI is InChI=1S/C9H12ClN3/c1-7(2)3-4-12-9-6-11-5-8(10)13-9/h5-6H,1,3-4H2,2H3,(H,12,13). The van der Waals surface area contributed by atoms with Gasteiger partial charge in [-0.25, -0.2) is 4.98 Å². The number of nitrogens with zero attached hydrogens (tertiary/aromatic N) is 2. The zero-order valence-electron chi connectivity index (χ0n) is 7.55. The summed E-state index contributed by atoms with van der Waals surface area (Å²) in [5.74, 6) is 0.703. The van der Waals surface area contributed by atoms with E-state index in [1.165, 1.54) is 6.20 Å². The Bertz CT molecular complexity index is 299. The normalized spacial score (nSPS) is 9.69. The molecule has 0 fully saturated rings. The minimum Gasteiger partial charge on any atom is -0.368 e. The Morgan fingerprint density at radius 2 is 2.38 bits per heavy atom. The average molecular weight is 198 g/mol. The molecule has 1 N–H and O–H groups in total. The molecule has 0 radical (unpaired) electrons. The van der Waals surface area contributed by atoms with Gasteiger partial charge < -0.3 is 5.32 Å². The molecule has 4 heteroatoms. The first-order valence-electron chi connectivity index (χ1n) is 4.04. The summed E-state index contributed by atoms with van der Waals surface area (Å²) in [5, 5.41) is 3.50. The second kappa shape index (κ2) is 4.82. The van der Waals surface area contributed by atoms with Crippen LogP contribution in [0.1, 0.15) is 13.3 Å². The summed E-state index contributed by atoms with van der Waals surface area (Å²) in [6.45, 7) is 6.60. The number of rotatable bonds is 4. The maximum Gasteiger partial charge on any atom is 0.149 e. The molecule has 1 rings (SSSR count). The Labute approximate surface area is 82.9 Å². The summed E-state index contributed by atoms with van der Waals surface area (Å²) < 4.78 is 0. The third-order valence-corrected chi connectivity index (χ3v) is 1.65. The molecule has 0 unspecified atom stereocenters. The van der Waals surface area contributed by atoms with E-state index in [1.807, 2.05) is 6.92 Å². The molecule has 0 aromatic carbocycles. The van der Waals surface area contributed by atoms with Gasteiger partial charge in [0.15, 0.2) is 0 Å². The Balaban J connectivity index is 2.41. The van der Waals surface area contributed by atoms with E-state index < -0.39 is 0 Å². The van der Waals surface area contributed by atoms with Crippen molar-refractivity contribution < 1.29 is 0 Å². The molecule has 1 aromatic rings. The predicted molar refractivity (Wildman–Crippen MR) is 55.0 cm³/mol. The topological polar surface area (TPSA) is 37.8 Å². The molecule has 0 amide bonds. The lowest BCUT2D eigenvalue weighted by atomic mass is 10.2. The zero-order valence-corrected chi connectivity index (χ0v) is 8.30. The minimum absolute atomic E-state index is 0.403. The molecular weight excluding hydrogens is 186 g/mol. The van der Waals surface area contributed by atoms with E-state index in [9.17, 15) is 0 Å². The van der Waals surface area contributed by atoms with Gasteiger partial charge in [0.2, 0.25) is 0 Å². The summed E-state index contributed by atoms with van der Waals surface area (Å²) in [6, 6.07) is 0. The Morgan fingerprint density at radius 1 is 1.62 bits per heavy atom. The van der Waals surface area contributed by atoms with Crippen LogP contribution in [0.5, 0.6) is 0 Å². The van der Waals surface area contributed by atoms with Crippen molar-refractivity contribution >= 4 is 17.4 Å². The van der Waals surface area contributed by atoms with Crippen molar-refractivity contribution in [1.82, 2.24) is 9.97 Å². The average Bonchev–Trinajstić information content (AvgIpc) is 2.03. The summed E-state index contributed by atoms with van der Waals surface area (Å²) in [7, 11) is 0. The maximum absolute atomic E-state index is 5.66. The van der Waals surface area contributed by atoms with Crippen molar-refractivity contribution in [2.24, 2.45) is 0 Å². The van der Waals surface area contributed by atoms with Gasteiger partial charge in [0.1, 0.15) is 11.0 Å². The third kappa shape index (κ3) is 3.90. The lowest BCUT2D eigenvalue weighted by molar-refractivity contribution is 0.985. The van der Waals surface area contributed by atoms with Crippen molar-refractivity contribution in [2.75, 3.05) is 11.9 Å². The van der Waals surface area contributed by atoms with Crippen LogP contribution in [0.15, 0.2) is 24.5 Å². The smallest absolute Gasteiger partial charge is 0.149 e. The van der Waals surface area contributed by atoms with Crippen molar-refractivity contribution in [3.05, 3.63) is 29.7 Å². The van der Waals surface area contributed by atoms with Gasteiger partial charge >= 0.3 is 0 Å². The Kier molecular flexibility index (Phi) is 3.71. The number of halogens is 1. The summed E-state index contributed by atoms with van der Waals surface area (Å²) in [4.78, 5) is 7.93. The van der Waals surface area contributed by atoms with E-state index in [4.69, 9.17) is 11.6 Å². The molecule has 3 nitrogen and oxygen atoms in total. The van der Waals surface area contributed by atoms with Gasteiger partial charge in [0, 0.05) is 6.54 Å². The molecule has 0 bridgehead atoms. The van der Waals surface area contributed by atoms with Crippen LogP contribution in [0, 0.1) is 0 Å². The maximum atomic E-state index is 5.66. The first kappa shape index (κ1) is 9.99. The van der Waals surface area contributed by atoms with E-state index in [0.29, 0.717) is 11.0 Å². The highest BCUT2D eigenvalue weighted by Crippen LogP contribution is 2.06. The lowest BCUT2D eigenvalue weighted by Gasteiger charge is -2.04. The van der Waals surface area contributed by atoms with Crippen molar-refractivity contribution in [1.29, 1.82) is 0 Å². The van der Waals surface area contributed by atoms with Crippen LogP contribution in [0.25, 0.3) is 0 Å². The summed E-state index contributed by atoms with van der Waals surface area (Å²) in [5.41, 5.74) is 1.14. The number of aromatic nitrogens is 2. The molecule has 70 valence electrons. The zero-order chi connectivity index (χ0) is 9.68. The fourth-order valence-corrected chi connectivity index (χ4v) is 0.979. The SMILES string of the molecule is C=C(C)CCNc1cncc(Cl)n1. The highest BCUT2D eigenvalue weighted by Gasteiger charge is 1.94. The van der Waals surface area contributed by atoms with Crippen molar-refractivity contribution in [3.8, 4) is 0 Å². The second-order valence-corrected chi connectivity index (χ2v) is 3.25. The van der Waals surface area contributed by atoms with Gasteiger partial charge in [-0.3, -0.25) is 4.98 Å². The highest BCUT2D eigenvalue weighted by atomic mass is 35.5. The van der Waals surface area contributed by atoms with Gasteiger partial charge in [0.25, 0.3) is 0 Å². The quantitative estimate of drug-likeness (QED) is 0.754. The van der Waals surface area contributed by atoms with Gasteiger partial charge in [-0.2, -0.15) is 0 Å². The number of hydrogen-bond acceptors (Lipinski definition) is 3. The molecule has 1 heterocycles. The number of anilines is 1. The van der Waals surface area contributed by atoms with Crippen molar-refractivity contribution in [2.45, 2.75) is 13.3 Å². The first-order chi connectivity index (χ1) is 6.18. The molecule has 0 aliphatic heterocycles. The van der Waals surface area contributed by atoms with Crippen LogP contribution in [0.4, 0.5) is 5.82 Å². The summed E-state index contributed by atoms with van der Waals surface area (Å²) in [6.07, 6.45) is 4.07. The molecule has 0 spiro atoms. The molecule has 0 saturated heterocycles. The van der Waals surface area contributed by atoms with Crippen molar-refractivity contribution in [3.63, 3.8) is 0 Å². The van der Waals surface area contributed by atoms with Gasteiger partial charge in [-0.1, -0.05) is 17.2 Å². The summed E-state index contributed by atoms with van der Waals surface area (Å²) >= 11 is 5.66. The highest BCUT2D eigenvalue weighted by molar-refractivity contribution is 6.29. The molecule has 0 saturated carbocycles. The number of nitrogens with one attached hydrogen (secondary N) is 1. The van der Waals surface area contributed by atoms with Gasteiger partial charge in [0.05, 0.1) is 12.4 Å². The Hall–Kier alpha value is -1.09. The first-order valence-corrected chi connectivity index (χ1v) is 4.42. The van der Waals surface area contributed by atoms with E-state index >= 15 is 0 Å². The van der Waals surface area contributed by atoms with Crippen LogP contribution in [-0.2, 0) is 0 Å². The van der Waals surface area contributed by atoms with E-state index in [0.717, 1.165) is 18.5 Å². The molecular formula is C9H12ClN3. The second-order valence-electron chi connectivity index (χ2n) is 2.86. The largest absolute Gasteiger partial charge is 0.368 e. The fraction of sp³-hybridized carbons (Fsp3) is 0.333. The number of hydrogen-bond donors (Lipinski definition) is 1. The lowest BCUT2D eigenvalue weighted by Crippen LogP contribution is -2.03. The van der Waals surface area contributed by atoms with E-state index in [-0.39, 0.29) is 0 Å². The fourth-order valence-electron chi connectivity index (χ4n) is 0.831. The predicted octanol–water partition coefficient (Wildman–Crippen LogP) is 2.51. The molecule has 0 aliphatic rings. The van der Waals surface area contributed by atoms with Crippen LogP contribution in [0.2, 0.25) is 5.15 Å². The van der Waals surface area contributed by atoms with Gasteiger partial charge in [-0.15, -0.1) is 6.58 Å². The molecule has 1 aromatic heterocycles. The van der Waals surface area contributed by atoms with Crippen LogP contribution < -0.4 is 5.32 Å².